The summed E-state index contributed by atoms with van der Waals surface area (Å²) in [6.07, 6.45) is 1.07. The molecule has 2 aliphatic heterocycles. The van der Waals surface area contributed by atoms with Crippen molar-refractivity contribution in [1.29, 1.82) is 0 Å². The fourth-order valence-electron chi connectivity index (χ4n) is 2.79. The fraction of sp³-hybridized carbons (Fsp3) is 0.667. The molecule has 116 valence electrons. The van der Waals surface area contributed by atoms with Crippen molar-refractivity contribution in [3.05, 3.63) is 16.6 Å². The predicted octanol–water partition coefficient (Wildman–Crippen LogP) is -0.125. The van der Waals surface area contributed by atoms with Crippen molar-refractivity contribution in [3.8, 4) is 0 Å². The second-order valence-corrected chi connectivity index (χ2v) is 8.08. The number of hydrogen-bond acceptors (Lipinski definition) is 6. The van der Waals surface area contributed by atoms with Gasteiger partial charge in [0.15, 0.2) is 0 Å². The molecule has 7 nitrogen and oxygen atoms in total. The Morgan fingerprint density at radius 3 is 2.90 bits per heavy atom. The van der Waals surface area contributed by atoms with E-state index >= 15 is 0 Å². The van der Waals surface area contributed by atoms with Crippen LogP contribution in [0, 0.1) is 5.92 Å². The number of ether oxygens (including phenoxy) is 1. The lowest BCUT2D eigenvalue weighted by molar-refractivity contribution is 0.0537. The number of aromatic nitrogens is 1. The van der Waals surface area contributed by atoms with Crippen molar-refractivity contribution < 1.29 is 17.9 Å². The summed E-state index contributed by atoms with van der Waals surface area (Å²) >= 11 is 1.38. The Hall–Kier alpha value is -1.03. The SMILES string of the molecule is CS(=O)(=O)N1C[C@@H]2CN(C(=O)c3cscn3)CCO[C@@H]2C1. The highest BCUT2D eigenvalue weighted by atomic mass is 32.2. The van der Waals surface area contributed by atoms with Crippen LogP contribution in [0.15, 0.2) is 10.9 Å². The van der Waals surface area contributed by atoms with Gasteiger partial charge in [0.1, 0.15) is 5.69 Å². The smallest absolute Gasteiger partial charge is 0.273 e. The molecule has 0 spiro atoms. The Bertz CT molecular complexity index is 616. The number of carbonyl (C=O) groups is 1. The first-order valence-electron chi connectivity index (χ1n) is 6.69. The van der Waals surface area contributed by atoms with Gasteiger partial charge in [0, 0.05) is 37.5 Å². The standard InChI is InChI=1S/C12H17N3O4S2/c1-21(17,18)15-5-9-4-14(2-3-19-11(9)6-15)12(16)10-7-20-8-13-10/h7-9,11H,2-6H2,1H3/t9-,11+/m0/s1. The highest BCUT2D eigenvalue weighted by Crippen LogP contribution is 2.26. The fourth-order valence-corrected chi connectivity index (χ4v) is 4.20. The van der Waals surface area contributed by atoms with Gasteiger partial charge in [0.25, 0.3) is 5.91 Å². The molecule has 2 atom stereocenters. The van der Waals surface area contributed by atoms with Crippen LogP contribution < -0.4 is 0 Å². The summed E-state index contributed by atoms with van der Waals surface area (Å²) in [4.78, 5) is 18.1. The van der Waals surface area contributed by atoms with Crippen molar-refractivity contribution in [1.82, 2.24) is 14.2 Å². The summed E-state index contributed by atoms with van der Waals surface area (Å²) in [7, 11) is -3.21. The molecule has 1 aromatic heterocycles. The van der Waals surface area contributed by atoms with Crippen molar-refractivity contribution >= 4 is 27.3 Å². The summed E-state index contributed by atoms with van der Waals surface area (Å²) < 4.78 is 30.5. The van der Waals surface area contributed by atoms with E-state index in [0.717, 1.165) is 0 Å². The highest BCUT2D eigenvalue weighted by Gasteiger charge is 2.40. The van der Waals surface area contributed by atoms with Crippen LogP contribution in [0.1, 0.15) is 10.5 Å². The molecular weight excluding hydrogens is 314 g/mol. The molecule has 0 N–H and O–H groups in total. The predicted molar refractivity (Wildman–Crippen MR) is 77.7 cm³/mol. The number of rotatable bonds is 2. The molecule has 0 radical (unpaired) electrons. The van der Waals surface area contributed by atoms with Crippen LogP contribution in [0.3, 0.4) is 0 Å². The maximum absolute atomic E-state index is 12.4. The van der Waals surface area contributed by atoms with Crippen LogP contribution in [-0.4, -0.2) is 73.7 Å². The average molecular weight is 331 g/mol. The van der Waals surface area contributed by atoms with Gasteiger partial charge in [-0.05, 0) is 0 Å². The Kier molecular flexibility index (Phi) is 4.00. The van der Waals surface area contributed by atoms with Gasteiger partial charge in [0.05, 0.1) is 24.5 Å². The van der Waals surface area contributed by atoms with E-state index in [1.807, 2.05) is 0 Å². The van der Waals surface area contributed by atoms with Crippen molar-refractivity contribution in [3.63, 3.8) is 0 Å². The summed E-state index contributed by atoms with van der Waals surface area (Å²) in [5, 5.41) is 1.73. The molecule has 3 rings (SSSR count). The van der Waals surface area contributed by atoms with Gasteiger partial charge in [-0.3, -0.25) is 4.79 Å². The second kappa shape index (κ2) is 5.64. The summed E-state index contributed by atoms with van der Waals surface area (Å²) in [5.74, 6) is -0.0943. The van der Waals surface area contributed by atoms with Crippen molar-refractivity contribution in [2.24, 2.45) is 5.92 Å². The number of carbonyl (C=O) groups excluding carboxylic acids is 1. The van der Waals surface area contributed by atoms with Gasteiger partial charge in [0.2, 0.25) is 10.0 Å². The quantitative estimate of drug-likeness (QED) is 0.754. The van der Waals surface area contributed by atoms with Crippen LogP contribution in [-0.2, 0) is 14.8 Å². The monoisotopic (exact) mass is 331 g/mol. The average Bonchev–Trinajstić information content (AvgIpc) is 3.03. The zero-order valence-electron chi connectivity index (χ0n) is 11.6. The number of hydrogen-bond donors (Lipinski definition) is 0. The maximum Gasteiger partial charge on any atom is 0.273 e. The maximum atomic E-state index is 12.4. The Morgan fingerprint density at radius 1 is 1.43 bits per heavy atom. The van der Waals surface area contributed by atoms with E-state index in [1.165, 1.54) is 21.9 Å². The molecule has 3 heterocycles. The minimum atomic E-state index is -3.21. The topological polar surface area (TPSA) is 79.8 Å². The van der Waals surface area contributed by atoms with Gasteiger partial charge in [-0.15, -0.1) is 11.3 Å². The van der Waals surface area contributed by atoms with Crippen molar-refractivity contribution in [2.45, 2.75) is 6.10 Å². The minimum Gasteiger partial charge on any atom is -0.375 e. The molecule has 0 aromatic carbocycles. The van der Waals surface area contributed by atoms with E-state index in [1.54, 1.807) is 15.8 Å². The molecular formula is C12H17N3O4S2. The Balaban J connectivity index is 1.73. The highest BCUT2D eigenvalue weighted by molar-refractivity contribution is 7.88. The molecule has 0 unspecified atom stereocenters. The molecule has 2 saturated heterocycles. The van der Waals surface area contributed by atoms with Crippen LogP contribution in [0.2, 0.25) is 0 Å². The van der Waals surface area contributed by atoms with Gasteiger partial charge in [-0.1, -0.05) is 0 Å². The van der Waals surface area contributed by atoms with Crippen LogP contribution in [0.25, 0.3) is 0 Å². The molecule has 21 heavy (non-hydrogen) atoms. The van der Waals surface area contributed by atoms with E-state index in [4.69, 9.17) is 4.74 Å². The largest absolute Gasteiger partial charge is 0.375 e. The van der Waals surface area contributed by atoms with Gasteiger partial charge in [-0.2, -0.15) is 4.31 Å². The first-order chi connectivity index (χ1) is 9.95. The molecule has 0 saturated carbocycles. The minimum absolute atomic E-state index is 0.0183. The van der Waals surface area contributed by atoms with Crippen LogP contribution >= 0.6 is 11.3 Å². The van der Waals surface area contributed by atoms with E-state index in [0.29, 0.717) is 38.5 Å². The number of amides is 1. The van der Waals surface area contributed by atoms with Crippen LogP contribution in [0.4, 0.5) is 0 Å². The normalized spacial score (nSPS) is 27.4. The molecule has 2 fully saturated rings. The van der Waals surface area contributed by atoms with Gasteiger partial charge in [-0.25, -0.2) is 13.4 Å². The molecule has 0 aliphatic carbocycles. The van der Waals surface area contributed by atoms with Crippen molar-refractivity contribution in [2.75, 3.05) is 39.0 Å². The van der Waals surface area contributed by atoms with E-state index in [9.17, 15) is 13.2 Å². The molecule has 0 bridgehead atoms. The second-order valence-electron chi connectivity index (χ2n) is 5.37. The molecule has 9 heteroatoms. The van der Waals surface area contributed by atoms with E-state index < -0.39 is 10.0 Å². The zero-order chi connectivity index (χ0) is 15.0. The Labute approximate surface area is 127 Å². The lowest BCUT2D eigenvalue weighted by Gasteiger charge is -2.22. The first kappa shape index (κ1) is 14.9. The lowest BCUT2D eigenvalue weighted by atomic mass is 10.1. The summed E-state index contributed by atoms with van der Waals surface area (Å²) in [5.41, 5.74) is 2.07. The number of sulfonamides is 1. The number of nitrogens with zero attached hydrogens (tertiary/aromatic N) is 3. The van der Waals surface area contributed by atoms with E-state index in [-0.39, 0.29) is 17.9 Å². The number of fused-ring (bicyclic) bond motifs is 1. The zero-order valence-corrected chi connectivity index (χ0v) is 13.3. The number of thiazole rings is 1. The lowest BCUT2D eigenvalue weighted by Crippen LogP contribution is -2.38. The third-order valence-electron chi connectivity index (χ3n) is 3.90. The summed E-state index contributed by atoms with van der Waals surface area (Å²) in [6, 6.07) is 0. The third kappa shape index (κ3) is 3.10. The van der Waals surface area contributed by atoms with Gasteiger partial charge < -0.3 is 9.64 Å². The van der Waals surface area contributed by atoms with Crippen LogP contribution in [0.5, 0.6) is 0 Å². The molecule has 2 aliphatic rings. The van der Waals surface area contributed by atoms with E-state index in [2.05, 4.69) is 4.98 Å². The Morgan fingerprint density at radius 2 is 2.24 bits per heavy atom. The molecule has 1 aromatic rings. The van der Waals surface area contributed by atoms with Gasteiger partial charge >= 0.3 is 0 Å². The first-order valence-corrected chi connectivity index (χ1v) is 9.48. The molecule has 1 amide bonds. The summed E-state index contributed by atoms with van der Waals surface area (Å²) in [6.45, 7) is 2.23. The third-order valence-corrected chi connectivity index (χ3v) is 5.73.